The zero-order chi connectivity index (χ0) is 21.0. The highest BCUT2D eigenvalue weighted by molar-refractivity contribution is 5.82. The van der Waals surface area contributed by atoms with Crippen molar-refractivity contribution in [3.63, 3.8) is 0 Å². The van der Waals surface area contributed by atoms with Gasteiger partial charge in [-0.05, 0) is 36.2 Å². The second-order valence-corrected chi connectivity index (χ2v) is 6.15. The fourth-order valence-electron chi connectivity index (χ4n) is 2.66. The Balaban J connectivity index is 1.59. The molecule has 1 N–H and O–H groups in total. The van der Waals surface area contributed by atoms with E-state index in [-0.39, 0.29) is 29.1 Å². The Bertz CT molecular complexity index is 1070. The van der Waals surface area contributed by atoms with Crippen LogP contribution in [0.25, 0.3) is 11.0 Å². The standard InChI is InChI=1S/C20H15F4NO4/c21-13-3-1-12(2-4-13)7-8-25-18(26)11-28-14-5-6-15-16(20(22,23)24)10-19(27)29-17(15)9-14/h1-6,9-10H,7-8,11H2,(H,25,26). The molecule has 1 heterocycles. The predicted octanol–water partition coefficient (Wildman–Crippen LogP) is 3.69. The monoisotopic (exact) mass is 409 g/mol. The van der Waals surface area contributed by atoms with Crippen LogP contribution in [-0.4, -0.2) is 19.1 Å². The number of hydrogen-bond acceptors (Lipinski definition) is 4. The molecule has 0 spiro atoms. The second-order valence-electron chi connectivity index (χ2n) is 6.15. The Morgan fingerprint density at radius 1 is 1.07 bits per heavy atom. The van der Waals surface area contributed by atoms with Gasteiger partial charge in [-0.1, -0.05) is 12.1 Å². The number of carbonyl (C=O) groups is 1. The van der Waals surface area contributed by atoms with Crippen molar-refractivity contribution >= 4 is 16.9 Å². The van der Waals surface area contributed by atoms with Gasteiger partial charge in [0.25, 0.3) is 5.91 Å². The molecule has 2 aromatic carbocycles. The van der Waals surface area contributed by atoms with Crippen LogP contribution in [0.1, 0.15) is 11.1 Å². The molecule has 0 unspecified atom stereocenters. The van der Waals surface area contributed by atoms with Crippen molar-refractivity contribution in [2.45, 2.75) is 12.6 Å². The van der Waals surface area contributed by atoms with Crippen LogP contribution in [-0.2, 0) is 17.4 Å². The molecule has 0 radical (unpaired) electrons. The number of nitrogens with one attached hydrogen (secondary N) is 1. The van der Waals surface area contributed by atoms with E-state index < -0.39 is 23.3 Å². The molecule has 0 fully saturated rings. The average Bonchev–Trinajstić information content (AvgIpc) is 2.66. The molecule has 5 nitrogen and oxygen atoms in total. The van der Waals surface area contributed by atoms with E-state index in [4.69, 9.17) is 9.15 Å². The third-order valence-corrected chi connectivity index (χ3v) is 4.04. The quantitative estimate of drug-likeness (QED) is 0.498. The van der Waals surface area contributed by atoms with E-state index in [1.165, 1.54) is 18.2 Å². The van der Waals surface area contributed by atoms with Crippen LogP contribution >= 0.6 is 0 Å². The van der Waals surface area contributed by atoms with Crippen molar-refractivity contribution in [3.05, 3.63) is 75.9 Å². The maximum atomic E-state index is 13.0. The third kappa shape index (κ3) is 5.34. The van der Waals surface area contributed by atoms with E-state index in [0.717, 1.165) is 17.7 Å². The van der Waals surface area contributed by atoms with Crippen molar-refractivity contribution < 1.29 is 31.5 Å². The Hall–Kier alpha value is -3.36. The number of hydrogen-bond donors (Lipinski definition) is 1. The van der Waals surface area contributed by atoms with E-state index in [0.29, 0.717) is 19.0 Å². The summed E-state index contributed by atoms with van der Waals surface area (Å²) in [6, 6.07) is 9.73. The van der Waals surface area contributed by atoms with Gasteiger partial charge < -0.3 is 14.5 Å². The molecule has 0 aliphatic carbocycles. The largest absolute Gasteiger partial charge is 0.484 e. The predicted molar refractivity (Wildman–Crippen MR) is 96.1 cm³/mol. The molecule has 1 amide bonds. The molecule has 3 rings (SSSR count). The summed E-state index contributed by atoms with van der Waals surface area (Å²) < 4.78 is 62.0. The first-order valence-corrected chi connectivity index (χ1v) is 8.51. The molecular weight excluding hydrogens is 394 g/mol. The highest BCUT2D eigenvalue weighted by Crippen LogP contribution is 2.34. The van der Waals surface area contributed by atoms with Crippen molar-refractivity contribution in [1.29, 1.82) is 0 Å². The number of ether oxygens (including phenoxy) is 1. The van der Waals surface area contributed by atoms with Crippen LogP contribution in [0.15, 0.2) is 57.7 Å². The molecule has 0 saturated heterocycles. The summed E-state index contributed by atoms with van der Waals surface area (Å²) in [4.78, 5) is 23.2. The zero-order valence-electron chi connectivity index (χ0n) is 14.9. The number of alkyl halides is 3. The second kappa shape index (κ2) is 8.34. The van der Waals surface area contributed by atoms with Crippen LogP contribution in [0.2, 0.25) is 0 Å². The zero-order valence-corrected chi connectivity index (χ0v) is 14.9. The lowest BCUT2D eigenvalue weighted by Gasteiger charge is -2.11. The molecule has 29 heavy (non-hydrogen) atoms. The third-order valence-electron chi connectivity index (χ3n) is 4.04. The highest BCUT2D eigenvalue weighted by Gasteiger charge is 2.33. The molecule has 0 atom stereocenters. The van der Waals surface area contributed by atoms with Gasteiger partial charge in [-0.3, -0.25) is 4.79 Å². The summed E-state index contributed by atoms with van der Waals surface area (Å²) >= 11 is 0. The van der Waals surface area contributed by atoms with Gasteiger partial charge in [-0.2, -0.15) is 13.2 Å². The lowest BCUT2D eigenvalue weighted by molar-refractivity contribution is -0.136. The fourth-order valence-corrected chi connectivity index (χ4v) is 2.66. The van der Waals surface area contributed by atoms with Crippen molar-refractivity contribution in [2.75, 3.05) is 13.2 Å². The molecular formula is C20H15F4NO4. The van der Waals surface area contributed by atoms with Crippen LogP contribution in [0.5, 0.6) is 5.75 Å². The smallest absolute Gasteiger partial charge is 0.417 e. The van der Waals surface area contributed by atoms with E-state index in [9.17, 15) is 27.2 Å². The molecule has 3 aromatic rings. The number of halogens is 4. The van der Waals surface area contributed by atoms with Crippen molar-refractivity contribution in [1.82, 2.24) is 5.32 Å². The summed E-state index contributed by atoms with van der Waals surface area (Å²) in [6.07, 6.45) is -4.21. The minimum Gasteiger partial charge on any atom is -0.484 e. The van der Waals surface area contributed by atoms with Gasteiger partial charge in [0.15, 0.2) is 6.61 Å². The first-order valence-electron chi connectivity index (χ1n) is 8.51. The maximum Gasteiger partial charge on any atom is 0.417 e. The van der Waals surface area contributed by atoms with Crippen LogP contribution in [0, 0.1) is 5.82 Å². The molecule has 0 aliphatic rings. The Morgan fingerprint density at radius 2 is 1.79 bits per heavy atom. The first kappa shape index (κ1) is 20.4. The lowest BCUT2D eigenvalue weighted by atomic mass is 10.1. The van der Waals surface area contributed by atoms with Crippen molar-refractivity contribution in [3.8, 4) is 5.75 Å². The average molecular weight is 409 g/mol. The molecule has 1 aromatic heterocycles. The summed E-state index contributed by atoms with van der Waals surface area (Å²) in [6.45, 7) is -0.0759. The normalized spacial score (nSPS) is 11.4. The topological polar surface area (TPSA) is 68.5 Å². The molecule has 9 heteroatoms. The number of carbonyl (C=O) groups excluding carboxylic acids is 1. The van der Waals surface area contributed by atoms with E-state index in [1.54, 1.807) is 12.1 Å². The van der Waals surface area contributed by atoms with Crippen LogP contribution in [0.4, 0.5) is 17.6 Å². The van der Waals surface area contributed by atoms with Crippen molar-refractivity contribution in [2.24, 2.45) is 0 Å². The van der Waals surface area contributed by atoms with Crippen LogP contribution < -0.4 is 15.7 Å². The Labute approximate surface area is 161 Å². The Kier molecular flexibility index (Phi) is 5.86. The molecule has 0 bridgehead atoms. The van der Waals surface area contributed by atoms with Gasteiger partial charge in [0, 0.05) is 24.1 Å². The van der Waals surface area contributed by atoms with Crippen LogP contribution in [0.3, 0.4) is 0 Å². The summed E-state index contributed by atoms with van der Waals surface area (Å²) in [7, 11) is 0. The number of rotatable bonds is 6. The minimum absolute atomic E-state index is 0.0775. The number of fused-ring (bicyclic) bond motifs is 1. The SMILES string of the molecule is O=C(COc1ccc2c(C(F)(F)F)cc(=O)oc2c1)NCCc1ccc(F)cc1. The van der Waals surface area contributed by atoms with Gasteiger partial charge in [0.05, 0.1) is 5.56 Å². The molecule has 152 valence electrons. The fraction of sp³-hybridized carbons (Fsp3) is 0.200. The van der Waals surface area contributed by atoms with Gasteiger partial charge in [-0.25, -0.2) is 9.18 Å². The summed E-state index contributed by atoms with van der Waals surface area (Å²) in [5.74, 6) is -0.717. The highest BCUT2D eigenvalue weighted by atomic mass is 19.4. The van der Waals surface area contributed by atoms with Gasteiger partial charge in [-0.15, -0.1) is 0 Å². The van der Waals surface area contributed by atoms with E-state index in [2.05, 4.69) is 5.32 Å². The van der Waals surface area contributed by atoms with Gasteiger partial charge in [0.1, 0.15) is 17.1 Å². The van der Waals surface area contributed by atoms with E-state index >= 15 is 0 Å². The van der Waals surface area contributed by atoms with Gasteiger partial charge in [0.2, 0.25) is 0 Å². The lowest BCUT2D eigenvalue weighted by Crippen LogP contribution is -2.30. The molecule has 0 aliphatic heterocycles. The number of amides is 1. The van der Waals surface area contributed by atoms with Gasteiger partial charge >= 0.3 is 11.8 Å². The number of benzene rings is 2. The van der Waals surface area contributed by atoms with E-state index in [1.807, 2.05) is 0 Å². The Morgan fingerprint density at radius 3 is 2.48 bits per heavy atom. The molecule has 0 saturated carbocycles. The summed E-state index contributed by atoms with van der Waals surface area (Å²) in [5.41, 5.74) is -1.69. The minimum atomic E-state index is -4.71. The first-order chi connectivity index (χ1) is 13.7. The maximum absolute atomic E-state index is 13.0. The summed E-state index contributed by atoms with van der Waals surface area (Å²) in [5, 5.41) is 2.33.